The summed E-state index contributed by atoms with van der Waals surface area (Å²) in [5.74, 6) is 0. The number of fused-ring (bicyclic) bond motifs is 3. The highest BCUT2D eigenvalue weighted by Crippen LogP contribution is 2.50. The highest BCUT2D eigenvalue weighted by atomic mass is 79.9. The van der Waals surface area contributed by atoms with Crippen molar-refractivity contribution in [1.82, 2.24) is 4.57 Å². The predicted octanol–water partition coefficient (Wildman–Crippen LogP) is 9.16. The third-order valence-electron chi connectivity index (χ3n) is 5.97. The zero-order valence-electron chi connectivity index (χ0n) is 20.8. The van der Waals surface area contributed by atoms with E-state index in [0.717, 1.165) is 60.8 Å². The Kier molecular flexibility index (Phi) is 6.94. The highest BCUT2D eigenvalue weighted by molar-refractivity contribution is 9.10. The van der Waals surface area contributed by atoms with Crippen LogP contribution in [-0.2, 0) is 4.74 Å². The number of benzene rings is 3. The van der Waals surface area contributed by atoms with Crippen molar-refractivity contribution >= 4 is 56.1 Å². The van der Waals surface area contributed by atoms with Gasteiger partial charge >= 0.3 is 6.09 Å². The molecule has 9 heteroatoms. The van der Waals surface area contributed by atoms with E-state index in [9.17, 15) is 4.79 Å². The molecule has 2 heterocycles. The van der Waals surface area contributed by atoms with Crippen LogP contribution in [0, 0.1) is 0 Å². The third kappa shape index (κ3) is 5.21. The van der Waals surface area contributed by atoms with Crippen molar-refractivity contribution in [2.24, 2.45) is 5.11 Å². The minimum atomic E-state index is -0.612. The summed E-state index contributed by atoms with van der Waals surface area (Å²) in [4.78, 5) is 20.7. The quantitative estimate of drug-likeness (QED) is 0.103. The van der Waals surface area contributed by atoms with Crippen molar-refractivity contribution in [3.05, 3.63) is 81.6 Å². The van der Waals surface area contributed by atoms with Gasteiger partial charge in [0.05, 0.1) is 22.6 Å². The molecule has 1 aliphatic rings. The molecule has 0 N–H and O–H groups in total. The van der Waals surface area contributed by atoms with E-state index in [1.54, 1.807) is 16.3 Å². The third-order valence-corrected chi connectivity index (χ3v) is 7.56. The molecule has 1 aliphatic heterocycles. The molecule has 188 valence electrons. The summed E-state index contributed by atoms with van der Waals surface area (Å²) in [6.45, 7) is 6.78. The van der Waals surface area contributed by atoms with Gasteiger partial charge in [-0.1, -0.05) is 57.1 Å². The van der Waals surface area contributed by atoms with E-state index in [1.165, 1.54) is 0 Å². The minimum Gasteiger partial charge on any atom is -0.443 e. The molecular weight excluding hydrogens is 550 g/mol. The van der Waals surface area contributed by atoms with Crippen LogP contribution in [0.5, 0.6) is 0 Å². The van der Waals surface area contributed by atoms with Crippen LogP contribution in [0.25, 0.3) is 32.6 Å². The normalized spacial score (nSPS) is 12.6. The molecule has 0 bridgehead atoms. The van der Waals surface area contributed by atoms with Crippen LogP contribution in [0.1, 0.15) is 27.2 Å². The number of nitrogens with zero attached hydrogens (tertiary/aromatic N) is 5. The van der Waals surface area contributed by atoms with Gasteiger partial charge in [0, 0.05) is 43.2 Å². The molecule has 1 aromatic heterocycles. The second-order valence-corrected chi connectivity index (χ2v) is 11.8. The van der Waals surface area contributed by atoms with Crippen molar-refractivity contribution < 1.29 is 9.53 Å². The molecule has 0 spiro atoms. The van der Waals surface area contributed by atoms with Gasteiger partial charge in [-0.2, -0.15) is 0 Å². The fraction of sp³-hybridized carbons (Fsp3) is 0.250. The average molecular weight is 577 g/mol. The molecule has 4 aromatic rings. The molecule has 3 aromatic carbocycles. The summed E-state index contributed by atoms with van der Waals surface area (Å²) in [6, 6.07) is 22.4. The number of carbonyl (C=O) groups is 1. The van der Waals surface area contributed by atoms with Gasteiger partial charge in [0.2, 0.25) is 0 Å². The molecule has 0 atom stereocenters. The van der Waals surface area contributed by atoms with Crippen LogP contribution in [-0.4, -0.2) is 29.4 Å². The zero-order valence-corrected chi connectivity index (χ0v) is 23.2. The summed E-state index contributed by atoms with van der Waals surface area (Å²) < 4.78 is 8.45. The first-order chi connectivity index (χ1) is 17.7. The largest absolute Gasteiger partial charge is 0.443 e. The number of hydrogen-bond donors (Lipinski definition) is 0. The number of azide groups is 1. The van der Waals surface area contributed by atoms with Crippen LogP contribution < -0.4 is 4.90 Å². The molecule has 0 aliphatic carbocycles. The molecule has 5 rings (SSSR count). The van der Waals surface area contributed by atoms with Gasteiger partial charge in [-0.05, 0) is 75.2 Å². The number of hydrogen-bond acceptors (Lipinski definition) is 5. The monoisotopic (exact) mass is 575 g/mol. The first-order valence-electron chi connectivity index (χ1n) is 12.0. The number of para-hydroxylation sites is 1. The van der Waals surface area contributed by atoms with Crippen molar-refractivity contribution in [3.8, 4) is 11.3 Å². The smallest absolute Gasteiger partial charge is 0.419 e. The zero-order chi connectivity index (χ0) is 26.2. The minimum absolute atomic E-state index is 0.400. The van der Waals surface area contributed by atoms with Crippen LogP contribution >= 0.6 is 27.7 Å². The Morgan fingerprint density at radius 3 is 2.54 bits per heavy atom. The topological polar surface area (TPSA) is 83.2 Å². The first kappa shape index (κ1) is 25.3. The number of aromatic nitrogens is 1. The molecule has 0 amide bonds. The standard InChI is InChI=1S/C28H26BrN5O2S/c1-28(2,3)36-27(35)34-21-8-5-4-7-18(21)15-24(34)19-9-11-22-25(16-19)37-26-17-20(29)10-12-23(26)33(22)14-6-13-31-32-30/h4-5,7-12,15-17H,6,13-14H2,1-3H3. The summed E-state index contributed by atoms with van der Waals surface area (Å²) >= 11 is 5.31. The summed E-state index contributed by atoms with van der Waals surface area (Å²) in [5, 5.41) is 4.68. The maximum atomic E-state index is 13.3. The van der Waals surface area contributed by atoms with Crippen LogP contribution in [0.3, 0.4) is 0 Å². The van der Waals surface area contributed by atoms with Gasteiger partial charge in [-0.15, -0.1) is 0 Å². The summed E-state index contributed by atoms with van der Waals surface area (Å²) in [5.41, 5.74) is 12.8. The van der Waals surface area contributed by atoms with Crippen molar-refractivity contribution in [2.75, 3.05) is 18.0 Å². The Hall–Kier alpha value is -3.39. The Morgan fingerprint density at radius 2 is 1.78 bits per heavy atom. The molecule has 0 unspecified atom stereocenters. The Balaban J connectivity index is 1.60. The van der Waals surface area contributed by atoms with Gasteiger partial charge in [0.15, 0.2) is 0 Å². The van der Waals surface area contributed by atoms with E-state index in [-0.39, 0.29) is 0 Å². The second kappa shape index (κ2) is 10.2. The first-order valence-corrected chi connectivity index (χ1v) is 13.6. The van der Waals surface area contributed by atoms with Crippen molar-refractivity contribution in [1.29, 1.82) is 0 Å². The van der Waals surface area contributed by atoms with E-state index in [4.69, 9.17) is 10.3 Å². The fourth-order valence-corrected chi connectivity index (χ4v) is 6.16. The van der Waals surface area contributed by atoms with E-state index in [0.29, 0.717) is 6.54 Å². The van der Waals surface area contributed by atoms with E-state index in [1.807, 2.05) is 57.2 Å². The van der Waals surface area contributed by atoms with Crippen LogP contribution in [0.2, 0.25) is 0 Å². The van der Waals surface area contributed by atoms with Gasteiger partial charge in [-0.25, -0.2) is 9.36 Å². The number of ether oxygens (including phenoxy) is 1. The lowest BCUT2D eigenvalue weighted by molar-refractivity contribution is 0.0547. The Morgan fingerprint density at radius 1 is 1.05 bits per heavy atom. The number of rotatable bonds is 5. The number of anilines is 2. The van der Waals surface area contributed by atoms with Gasteiger partial charge in [-0.3, -0.25) is 0 Å². The van der Waals surface area contributed by atoms with E-state index < -0.39 is 11.7 Å². The maximum Gasteiger partial charge on any atom is 0.419 e. The average Bonchev–Trinajstić information content (AvgIpc) is 3.24. The van der Waals surface area contributed by atoms with Crippen LogP contribution in [0.15, 0.2) is 86.1 Å². The highest BCUT2D eigenvalue weighted by Gasteiger charge is 2.26. The summed E-state index contributed by atoms with van der Waals surface area (Å²) in [6.07, 6.45) is 0.334. The molecule has 0 saturated carbocycles. The number of halogens is 1. The Bertz CT molecular complexity index is 1550. The molecular formula is C28H26BrN5O2S. The molecule has 0 fully saturated rings. The molecule has 0 saturated heterocycles. The lowest BCUT2D eigenvalue weighted by atomic mass is 10.1. The van der Waals surface area contributed by atoms with Crippen molar-refractivity contribution in [2.45, 2.75) is 42.6 Å². The lowest BCUT2D eigenvalue weighted by Crippen LogP contribution is -2.27. The maximum absolute atomic E-state index is 13.3. The Labute approximate surface area is 228 Å². The SMILES string of the molecule is CC(C)(C)OC(=O)n1c(-c2ccc3c(c2)Sc2cc(Br)ccc2N3CCCN=[N+]=[N-])cc2ccccc21. The summed E-state index contributed by atoms with van der Waals surface area (Å²) in [7, 11) is 0. The molecule has 0 radical (unpaired) electrons. The lowest BCUT2D eigenvalue weighted by Gasteiger charge is -2.33. The molecule has 37 heavy (non-hydrogen) atoms. The molecule has 7 nitrogen and oxygen atoms in total. The van der Waals surface area contributed by atoms with Gasteiger partial charge < -0.3 is 9.64 Å². The van der Waals surface area contributed by atoms with E-state index in [2.05, 4.69) is 61.2 Å². The van der Waals surface area contributed by atoms with E-state index >= 15 is 0 Å². The van der Waals surface area contributed by atoms with Gasteiger partial charge in [0.25, 0.3) is 0 Å². The van der Waals surface area contributed by atoms with Crippen LogP contribution in [0.4, 0.5) is 16.2 Å². The predicted molar refractivity (Wildman–Crippen MR) is 153 cm³/mol. The fourth-order valence-electron chi connectivity index (χ4n) is 4.48. The second-order valence-electron chi connectivity index (χ2n) is 9.76. The number of carbonyl (C=O) groups excluding carboxylic acids is 1. The van der Waals surface area contributed by atoms with Crippen molar-refractivity contribution in [3.63, 3.8) is 0 Å². The van der Waals surface area contributed by atoms with Gasteiger partial charge in [0.1, 0.15) is 5.60 Å².